The number of nitrogens with zero attached hydrogens (tertiary/aromatic N) is 2. The Hall–Kier alpha value is -1.65. The molecule has 5 rings (SSSR count). The predicted molar refractivity (Wildman–Crippen MR) is 130 cm³/mol. The number of hydrogen-bond acceptors (Lipinski definition) is 7. The van der Waals surface area contributed by atoms with Gasteiger partial charge in [0.05, 0.1) is 45.0 Å². The zero-order chi connectivity index (χ0) is 24.0. The van der Waals surface area contributed by atoms with E-state index in [1.54, 1.807) is 18.5 Å². The lowest BCUT2D eigenvalue weighted by Gasteiger charge is -2.38. The lowest BCUT2D eigenvalue weighted by atomic mass is 9.66. The van der Waals surface area contributed by atoms with Gasteiger partial charge in [-0.25, -0.2) is 9.88 Å². The van der Waals surface area contributed by atoms with Gasteiger partial charge in [0.15, 0.2) is 8.32 Å². The third-order valence-electron chi connectivity index (χ3n) is 8.48. The van der Waals surface area contributed by atoms with E-state index < -0.39 is 37.5 Å². The first-order valence-electron chi connectivity index (χ1n) is 11.5. The summed E-state index contributed by atoms with van der Waals surface area (Å²) in [6.07, 6.45) is 0.0210. The summed E-state index contributed by atoms with van der Waals surface area (Å²) in [5.74, 6) is -1.84. The van der Waals surface area contributed by atoms with Gasteiger partial charge in [0.25, 0.3) is 0 Å². The van der Waals surface area contributed by atoms with Crippen molar-refractivity contribution in [3.8, 4) is 0 Å². The second-order valence-electron chi connectivity index (χ2n) is 11.4. The predicted octanol–water partition coefficient (Wildman–Crippen LogP) is 4.11. The molecule has 2 aromatic rings. The monoisotopic (exact) mass is 488 g/mol. The number of hydrogen-bond donors (Lipinski definition) is 1. The maximum atomic E-state index is 13.7. The van der Waals surface area contributed by atoms with Crippen molar-refractivity contribution in [2.45, 2.75) is 76.0 Å². The second kappa shape index (κ2) is 7.18. The van der Waals surface area contributed by atoms with Crippen molar-refractivity contribution in [1.82, 2.24) is 4.98 Å². The van der Waals surface area contributed by atoms with Crippen LogP contribution in [0.5, 0.6) is 0 Å². The smallest absolute Gasteiger partial charge is 0.240 e. The third kappa shape index (κ3) is 3.20. The average molecular weight is 489 g/mol. The number of anilines is 1. The minimum absolute atomic E-state index is 0.0681. The van der Waals surface area contributed by atoms with Gasteiger partial charge in [0, 0.05) is 13.0 Å². The first-order valence-corrected chi connectivity index (χ1v) is 15.3. The Labute approximate surface area is 199 Å². The summed E-state index contributed by atoms with van der Waals surface area (Å²) in [7, 11) is -1.98. The molecule has 0 saturated carbocycles. The minimum Gasteiger partial charge on any atom is -0.417 e. The number of aliphatic hydroxyl groups is 1. The van der Waals surface area contributed by atoms with Crippen molar-refractivity contribution in [3.63, 3.8) is 0 Å². The molecule has 1 aromatic heterocycles. The van der Waals surface area contributed by atoms with Crippen LogP contribution < -0.4 is 4.90 Å². The van der Waals surface area contributed by atoms with E-state index >= 15 is 0 Å². The highest BCUT2D eigenvalue weighted by Crippen LogP contribution is 2.62. The normalized spacial score (nSPS) is 34.0. The first kappa shape index (κ1) is 23.1. The number of thiazole rings is 1. The summed E-state index contributed by atoms with van der Waals surface area (Å²) in [4.78, 5) is 32.9. The lowest BCUT2D eigenvalue weighted by Crippen LogP contribution is -2.50. The van der Waals surface area contributed by atoms with Crippen LogP contribution >= 0.6 is 11.3 Å². The lowest BCUT2D eigenvalue weighted by molar-refractivity contribution is -0.134. The number of imide groups is 1. The average Bonchev–Trinajstić information content (AvgIpc) is 3.40. The van der Waals surface area contributed by atoms with Crippen LogP contribution in [0.1, 0.15) is 40.5 Å². The molecule has 5 atom stereocenters. The summed E-state index contributed by atoms with van der Waals surface area (Å²) < 4.78 is 13.7. The Balaban J connectivity index is 1.45. The van der Waals surface area contributed by atoms with Gasteiger partial charge in [0.2, 0.25) is 11.8 Å². The molecule has 9 heteroatoms. The molecule has 3 aliphatic heterocycles. The Kier molecular flexibility index (Phi) is 5.02. The zero-order valence-electron chi connectivity index (χ0n) is 20.0. The molecule has 178 valence electrons. The van der Waals surface area contributed by atoms with E-state index in [4.69, 9.17) is 9.16 Å². The molecule has 4 heterocycles. The molecule has 7 nitrogen and oxygen atoms in total. The molecule has 0 radical (unpaired) electrons. The van der Waals surface area contributed by atoms with E-state index in [0.717, 1.165) is 10.2 Å². The number of rotatable bonds is 5. The highest BCUT2D eigenvalue weighted by atomic mass is 32.1. The van der Waals surface area contributed by atoms with E-state index in [2.05, 4.69) is 38.8 Å². The number of aromatic nitrogens is 1. The molecule has 2 bridgehead atoms. The summed E-state index contributed by atoms with van der Waals surface area (Å²) in [5.41, 5.74) is 1.18. The minimum atomic E-state index is -1.98. The standard InChI is InChI=1S/C24H32N2O5SSi/c1-22(2,3)33(5,6)30-10-9-24-12-17(27)23(4,31-24)18-19(24)21(29)26(20(18)28)14-7-8-15-16(11-14)32-13-25-15/h7-8,11,13,17-19,27H,9-10,12H2,1-6H3/t17-,18-,19+,23?,24?/m1/s1. The number of benzene rings is 1. The quantitative estimate of drug-likeness (QED) is 0.503. The van der Waals surface area contributed by atoms with Gasteiger partial charge in [-0.1, -0.05) is 20.8 Å². The number of amides is 2. The van der Waals surface area contributed by atoms with Crippen molar-refractivity contribution >= 4 is 47.4 Å². The Bertz CT molecular complexity index is 1140. The molecule has 2 amide bonds. The summed E-state index contributed by atoms with van der Waals surface area (Å²) in [5, 5.41) is 11.0. The van der Waals surface area contributed by atoms with Gasteiger partial charge in [-0.3, -0.25) is 9.59 Å². The van der Waals surface area contributed by atoms with E-state index in [9.17, 15) is 14.7 Å². The zero-order valence-corrected chi connectivity index (χ0v) is 21.9. The van der Waals surface area contributed by atoms with Crippen LogP contribution in [-0.4, -0.2) is 54.1 Å². The molecule has 0 aliphatic carbocycles. The van der Waals surface area contributed by atoms with Crippen LogP contribution in [0.2, 0.25) is 18.1 Å². The molecule has 3 saturated heterocycles. The first-order chi connectivity index (χ1) is 15.3. The molecule has 1 N–H and O–H groups in total. The maximum Gasteiger partial charge on any atom is 0.240 e. The number of carbonyl (C=O) groups is 2. The van der Waals surface area contributed by atoms with Crippen molar-refractivity contribution in [2.75, 3.05) is 11.5 Å². The van der Waals surface area contributed by atoms with Crippen molar-refractivity contribution < 1.29 is 23.9 Å². The highest BCUT2D eigenvalue weighted by molar-refractivity contribution is 7.16. The van der Waals surface area contributed by atoms with Crippen molar-refractivity contribution in [2.24, 2.45) is 11.8 Å². The summed E-state index contributed by atoms with van der Waals surface area (Å²) in [6, 6.07) is 5.45. The molecule has 1 aromatic carbocycles. The summed E-state index contributed by atoms with van der Waals surface area (Å²) in [6.45, 7) is 13.2. The maximum absolute atomic E-state index is 13.7. The summed E-state index contributed by atoms with van der Waals surface area (Å²) >= 11 is 1.47. The number of ether oxygens (including phenoxy) is 1. The molecule has 33 heavy (non-hydrogen) atoms. The molecule has 2 unspecified atom stereocenters. The van der Waals surface area contributed by atoms with Crippen LogP contribution in [0, 0.1) is 11.8 Å². The number of fused-ring (bicyclic) bond motifs is 6. The van der Waals surface area contributed by atoms with Gasteiger partial charge in [-0.15, -0.1) is 11.3 Å². The van der Waals surface area contributed by atoms with Crippen molar-refractivity contribution in [3.05, 3.63) is 23.7 Å². The molecule has 0 spiro atoms. The van der Waals surface area contributed by atoms with Crippen LogP contribution in [0.3, 0.4) is 0 Å². The largest absolute Gasteiger partial charge is 0.417 e. The van der Waals surface area contributed by atoms with Crippen LogP contribution in [0.15, 0.2) is 23.7 Å². The highest BCUT2D eigenvalue weighted by Gasteiger charge is 2.76. The van der Waals surface area contributed by atoms with Gasteiger partial charge in [0.1, 0.15) is 5.60 Å². The third-order valence-corrected chi connectivity index (χ3v) is 13.8. The Morgan fingerprint density at radius 3 is 2.67 bits per heavy atom. The van der Waals surface area contributed by atoms with Crippen LogP contribution in [0.4, 0.5) is 5.69 Å². The molecule has 3 fully saturated rings. The fourth-order valence-electron chi connectivity index (χ4n) is 5.56. The van der Waals surface area contributed by atoms with Gasteiger partial charge in [-0.2, -0.15) is 0 Å². The molecular formula is C24H32N2O5SSi. The van der Waals surface area contributed by atoms with Gasteiger partial charge >= 0.3 is 0 Å². The topological polar surface area (TPSA) is 89.0 Å². The SMILES string of the molecule is CC12OC(CCO[Si](C)(C)C(C)(C)C)(C[C@H]1O)[C@@H]1C(=O)N(c3ccc4ncsc4c3)C(=O)[C@@H]12. The van der Waals surface area contributed by atoms with Gasteiger partial charge < -0.3 is 14.3 Å². The van der Waals surface area contributed by atoms with E-state index in [1.165, 1.54) is 16.2 Å². The van der Waals surface area contributed by atoms with Crippen LogP contribution in [0.25, 0.3) is 10.2 Å². The molecule has 3 aliphatic rings. The van der Waals surface area contributed by atoms with Crippen molar-refractivity contribution in [1.29, 1.82) is 0 Å². The van der Waals surface area contributed by atoms with E-state index in [1.807, 2.05) is 12.1 Å². The van der Waals surface area contributed by atoms with E-state index in [-0.39, 0.29) is 16.9 Å². The number of aliphatic hydroxyl groups excluding tert-OH is 1. The molecular weight excluding hydrogens is 456 g/mol. The Morgan fingerprint density at radius 2 is 1.97 bits per heavy atom. The Morgan fingerprint density at radius 1 is 1.27 bits per heavy atom. The van der Waals surface area contributed by atoms with E-state index in [0.29, 0.717) is 25.1 Å². The van der Waals surface area contributed by atoms with Gasteiger partial charge in [-0.05, 0) is 49.7 Å². The number of carbonyl (C=O) groups excluding carboxylic acids is 2. The van der Waals surface area contributed by atoms with Crippen LogP contribution in [-0.2, 0) is 18.8 Å². The fraction of sp³-hybridized carbons (Fsp3) is 0.625. The fourth-order valence-corrected chi connectivity index (χ4v) is 7.31. The second-order valence-corrected chi connectivity index (χ2v) is 17.1.